The van der Waals surface area contributed by atoms with Gasteiger partial charge in [-0.3, -0.25) is 0 Å². The van der Waals surface area contributed by atoms with Crippen LogP contribution in [-0.4, -0.2) is 90.5 Å². The molecule has 1 aliphatic rings. The molecule has 2 aromatic rings. The normalized spacial score (nSPS) is 18.5. The van der Waals surface area contributed by atoms with Crippen LogP contribution in [0.5, 0.6) is 0 Å². The van der Waals surface area contributed by atoms with E-state index in [-0.39, 0.29) is 34.9 Å². The summed E-state index contributed by atoms with van der Waals surface area (Å²) in [4.78, 5) is 31.0. The molecule has 0 saturated heterocycles. The molecule has 250 valence electrons. The molecule has 1 aliphatic carbocycles. The maximum Gasteiger partial charge on any atom is 0.354 e. The Morgan fingerprint density at radius 3 is 2.16 bits per heavy atom. The molecule has 11 heteroatoms. The zero-order chi connectivity index (χ0) is 32.5. The van der Waals surface area contributed by atoms with Crippen LogP contribution < -0.4 is 5.73 Å². The lowest BCUT2D eigenvalue weighted by atomic mass is 9.75. The van der Waals surface area contributed by atoms with Gasteiger partial charge in [0.2, 0.25) is 0 Å². The largest absolute Gasteiger partial charge is 0.477 e. The fraction of sp³-hybridized carbons (Fsp3) is 0.647. The molecule has 0 bridgehead atoms. The van der Waals surface area contributed by atoms with Crippen LogP contribution in [0.25, 0.3) is 0 Å². The molecule has 0 amide bonds. The topological polar surface area (TPSA) is 163 Å². The number of carboxylic acids is 2. The van der Waals surface area contributed by atoms with Crippen molar-refractivity contribution in [2.24, 2.45) is 17.1 Å². The van der Waals surface area contributed by atoms with E-state index in [4.69, 9.17) is 29.8 Å². The first-order valence-corrected chi connectivity index (χ1v) is 16.1. The number of ether oxygens (including phenoxy) is 4. The number of nitrogens with two attached hydrogens (primary N) is 1. The second-order valence-electron chi connectivity index (χ2n) is 12.5. The van der Waals surface area contributed by atoms with E-state index in [9.17, 15) is 14.7 Å². The van der Waals surface area contributed by atoms with Gasteiger partial charge in [0, 0.05) is 37.8 Å². The highest BCUT2D eigenvalue weighted by Gasteiger charge is 2.36. The van der Waals surface area contributed by atoms with Crippen molar-refractivity contribution in [3.63, 3.8) is 0 Å². The average molecular weight is 630 g/mol. The first kappa shape index (κ1) is 36.5. The number of nitrogens with zero attached hydrogens (tertiary/aromatic N) is 2. The molecule has 2 aromatic heterocycles. The van der Waals surface area contributed by atoms with Gasteiger partial charge in [0.25, 0.3) is 0 Å². The number of rotatable bonds is 22. The summed E-state index contributed by atoms with van der Waals surface area (Å²) in [5.41, 5.74) is 7.51. The lowest BCUT2D eigenvalue weighted by Gasteiger charge is -2.40. The summed E-state index contributed by atoms with van der Waals surface area (Å²) in [6.07, 6.45) is 7.69. The summed E-state index contributed by atoms with van der Waals surface area (Å²) >= 11 is 0. The van der Waals surface area contributed by atoms with Crippen molar-refractivity contribution in [1.82, 2.24) is 9.97 Å². The Bertz CT molecular complexity index is 1180. The number of carbonyl (C=O) groups is 2. The van der Waals surface area contributed by atoms with Crippen LogP contribution >= 0.6 is 0 Å². The van der Waals surface area contributed by atoms with E-state index in [2.05, 4.69) is 23.8 Å². The number of carboxylic acid groups (broad SMARTS) is 2. The molecule has 4 N–H and O–H groups in total. The molecule has 45 heavy (non-hydrogen) atoms. The van der Waals surface area contributed by atoms with Gasteiger partial charge in [-0.1, -0.05) is 26.0 Å². The van der Waals surface area contributed by atoms with Crippen molar-refractivity contribution in [2.45, 2.75) is 83.8 Å². The van der Waals surface area contributed by atoms with Crippen molar-refractivity contribution in [2.75, 3.05) is 46.2 Å². The Morgan fingerprint density at radius 1 is 0.844 bits per heavy atom. The minimum Gasteiger partial charge on any atom is -0.477 e. The maximum atomic E-state index is 11.4. The number of aromatic carboxylic acids is 2. The van der Waals surface area contributed by atoms with E-state index >= 15 is 0 Å². The molecule has 0 spiro atoms. The smallest absolute Gasteiger partial charge is 0.354 e. The predicted octanol–water partition coefficient (Wildman–Crippen LogP) is 4.81. The number of aryl methyl sites for hydroxylation is 1. The number of hydrogen-bond acceptors (Lipinski definition) is 9. The average Bonchev–Trinajstić information content (AvgIpc) is 3.01. The number of pyridine rings is 2. The lowest BCUT2D eigenvalue weighted by molar-refractivity contribution is -0.115. The summed E-state index contributed by atoms with van der Waals surface area (Å²) < 4.78 is 24.0. The van der Waals surface area contributed by atoms with E-state index in [0.29, 0.717) is 59.0 Å². The van der Waals surface area contributed by atoms with Crippen LogP contribution in [0, 0.1) is 11.3 Å². The fourth-order valence-corrected chi connectivity index (χ4v) is 5.64. The maximum absolute atomic E-state index is 11.4. The van der Waals surface area contributed by atoms with Gasteiger partial charge in [-0.2, -0.15) is 0 Å². The van der Waals surface area contributed by atoms with Crippen molar-refractivity contribution >= 4 is 11.9 Å². The Balaban J connectivity index is 1.40. The van der Waals surface area contributed by atoms with Crippen LogP contribution in [0.3, 0.4) is 0 Å². The standard InChI is InChI=1S/C34H51N3O8/c1-34(2)15-12-30(45-20-16-35)31(24-34)44-19-14-25(23-27-9-6-11-29(37-27)33(40)41)13-18-43-22-21-42-17-4-3-7-26-8-5-10-28(36-26)32(38)39/h5-6,8-11,25,30-31H,3-4,7,12-24,35H2,1-2H3,(H,38,39)(H,40,41). The number of hydrogen-bond donors (Lipinski definition) is 3. The van der Waals surface area contributed by atoms with E-state index in [1.165, 1.54) is 12.1 Å². The SMILES string of the molecule is CC1(C)CCC(OCCN)C(OCCC(CCOCCOCCCCc2cccc(C(=O)O)n2)Cc2cccc(C(=O)O)n2)C1. The van der Waals surface area contributed by atoms with Gasteiger partial charge in [0.15, 0.2) is 0 Å². The van der Waals surface area contributed by atoms with Crippen molar-refractivity contribution < 1.29 is 38.7 Å². The Morgan fingerprint density at radius 2 is 1.47 bits per heavy atom. The van der Waals surface area contributed by atoms with E-state index in [1.54, 1.807) is 12.1 Å². The van der Waals surface area contributed by atoms with E-state index < -0.39 is 11.9 Å². The zero-order valence-electron chi connectivity index (χ0n) is 26.8. The molecule has 3 atom stereocenters. The molecule has 1 saturated carbocycles. The highest BCUT2D eigenvalue weighted by atomic mass is 16.5. The van der Waals surface area contributed by atoms with Gasteiger partial charge < -0.3 is 34.9 Å². The molecular formula is C34H51N3O8. The van der Waals surface area contributed by atoms with Gasteiger partial charge in [-0.25, -0.2) is 19.6 Å². The van der Waals surface area contributed by atoms with Crippen LogP contribution in [0.15, 0.2) is 36.4 Å². The van der Waals surface area contributed by atoms with Gasteiger partial charge in [0.1, 0.15) is 11.4 Å². The molecule has 3 rings (SSSR count). The van der Waals surface area contributed by atoms with Crippen LogP contribution in [-0.2, 0) is 31.8 Å². The summed E-state index contributed by atoms with van der Waals surface area (Å²) in [5, 5.41) is 18.4. The van der Waals surface area contributed by atoms with E-state index in [0.717, 1.165) is 56.3 Å². The zero-order valence-corrected chi connectivity index (χ0v) is 26.8. The molecule has 11 nitrogen and oxygen atoms in total. The lowest BCUT2D eigenvalue weighted by Crippen LogP contribution is -2.42. The molecule has 3 unspecified atom stereocenters. The Hall–Kier alpha value is -2.96. The fourth-order valence-electron chi connectivity index (χ4n) is 5.64. The second-order valence-corrected chi connectivity index (χ2v) is 12.5. The molecule has 0 radical (unpaired) electrons. The van der Waals surface area contributed by atoms with Gasteiger partial charge >= 0.3 is 11.9 Å². The molecule has 0 aliphatic heterocycles. The third-order valence-corrected chi connectivity index (χ3v) is 8.15. The molecule has 0 aromatic carbocycles. The highest BCUT2D eigenvalue weighted by Crippen LogP contribution is 2.38. The predicted molar refractivity (Wildman–Crippen MR) is 170 cm³/mol. The summed E-state index contributed by atoms with van der Waals surface area (Å²) in [5.74, 6) is -1.85. The van der Waals surface area contributed by atoms with Crippen LogP contribution in [0.2, 0.25) is 0 Å². The van der Waals surface area contributed by atoms with Crippen molar-refractivity contribution in [1.29, 1.82) is 0 Å². The highest BCUT2D eigenvalue weighted by molar-refractivity contribution is 5.85. The number of unbranched alkanes of at least 4 members (excludes halogenated alkanes) is 1. The monoisotopic (exact) mass is 629 g/mol. The first-order chi connectivity index (χ1) is 21.7. The van der Waals surface area contributed by atoms with Crippen LogP contribution in [0.1, 0.15) is 91.2 Å². The number of aromatic nitrogens is 2. The van der Waals surface area contributed by atoms with Crippen LogP contribution in [0.4, 0.5) is 0 Å². The molecule has 2 heterocycles. The summed E-state index contributed by atoms with van der Waals surface area (Å²) in [6.45, 7) is 8.26. The quantitative estimate of drug-likeness (QED) is 0.153. The van der Waals surface area contributed by atoms with E-state index in [1.807, 2.05) is 12.1 Å². The third kappa shape index (κ3) is 13.9. The second kappa shape index (κ2) is 19.5. The molecular weight excluding hydrogens is 578 g/mol. The summed E-state index contributed by atoms with van der Waals surface area (Å²) in [6, 6.07) is 10.2. The minimum absolute atomic E-state index is 0.0222. The first-order valence-electron chi connectivity index (χ1n) is 16.1. The van der Waals surface area contributed by atoms with Gasteiger partial charge in [-0.05, 0) is 93.4 Å². The minimum atomic E-state index is -1.03. The third-order valence-electron chi connectivity index (χ3n) is 8.15. The Labute approximate surface area is 266 Å². The molecule has 1 fully saturated rings. The van der Waals surface area contributed by atoms with Crippen molar-refractivity contribution in [3.05, 3.63) is 59.2 Å². The van der Waals surface area contributed by atoms with Gasteiger partial charge in [-0.15, -0.1) is 0 Å². The summed E-state index contributed by atoms with van der Waals surface area (Å²) in [7, 11) is 0. The van der Waals surface area contributed by atoms with Gasteiger partial charge in [0.05, 0.1) is 32.0 Å². The van der Waals surface area contributed by atoms with Crippen molar-refractivity contribution in [3.8, 4) is 0 Å². The Kier molecular flexibility index (Phi) is 15.8.